The molecule has 0 aliphatic heterocycles. The quantitative estimate of drug-likeness (QED) is 0.846. The van der Waals surface area contributed by atoms with Gasteiger partial charge in [0.05, 0.1) is 5.69 Å². The van der Waals surface area contributed by atoms with Crippen LogP contribution in [0.25, 0.3) is 11.3 Å². The van der Waals surface area contributed by atoms with Gasteiger partial charge in [-0.3, -0.25) is 4.79 Å². The summed E-state index contributed by atoms with van der Waals surface area (Å²) in [6.07, 6.45) is 0. The van der Waals surface area contributed by atoms with Crippen LogP contribution in [-0.4, -0.2) is 25.0 Å². The van der Waals surface area contributed by atoms with Gasteiger partial charge in [0.25, 0.3) is 0 Å². The molecule has 16 heavy (non-hydrogen) atoms. The van der Waals surface area contributed by atoms with Gasteiger partial charge in [-0.15, -0.1) is 17.1 Å². The van der Waals surface area contributed by atoms with Crippen LogP contribution >= 0.6 is 11.3 Å². The van der Waals surface area contributed by atoms with Crippen molar-refractivity contribution in [3.63, 3.8) is 0 Å². The van der Waals surface area contributed by atoms with Gasteiger partial charge in [-0.2, -0.15) is 0 Å². The summed E-state index contributed by atoms with van der Waals surface area (Å²) in [6.45, 7) is 0. The molecule has 1 amide bonds. The molecule has 0 aliphatic carbocycles. The van der Waals surface area contributed by atoms with E-state index in [1.807, 2.05) is 41.5 Å². The molecule has 3 nitrogen and oxygen atoms in total. The number of nitrogens with one attached hydrogen (secondary N) is 1. The minimum Gasteiger partial charge on any atom is -0.319 e. The topological polar surface area (TPSA) is 42.0 Å². The summed E-state index contributed by atoms with van der Waals surface area (Å²) >= 11 is 0.825. The molecule has 1 heterocycles. The first-order chi connectivity index (χ1) is 7.79. The summed E-state index contributed by atoms with van der Waals surface area (Å²) in [4.78, 5) is 15.6. The van der Waals surface area contributed by atoms with Gasteiger partial charge < -0.3 is 5.32 Å². The Balaban J connectivity index is 2.17. The predicted molar refractivity (Wildman–Crippen MR) is 69.6 cm³/mol. The van der Waals surface area contributed by atoms with E-state index in [1.165, 1.54) is 11.3 Å². The largest absolute Gasteiger partial charge is 0.375 e. The van der Waals surface area contributed by atoms with E-state index in [-0.39, 0.29) is 4.77 Å². The second-order valence-corrected chi connectivity index (χ2v) is 5.51. The number of hydrogen-bond donors (Lipinski definition) is 1. The maximum Gasteiger partial charge on any atom is 0.375 e. The number of amides is 1. The lowest BCUT2D eigenvalue weighted by Crippen LogP contribution is -2.14. The van der Waals surface area contributed by atoms with Crippen molar-refractivity contribution in [1.29, 1.82) is 0 Å². The van der Waals surface area contributed by atoms with Crippen molar-refractivity contribution in [2.45, 2.75) is 5.79 Å². The molecule has 0 aliphatic rings. The first-order valence-corrected chi connectivity index (χ1v) is 8.10. The molecule has 80 valence electrons. The average Bonchev–Trinajstić information content (AvgIpc) is 2.78. The van der Waals surface area contributed by atoms with E-state index < -0.39 is 15.2 Å². The Hall–Kier alpha value is -1.15. The van der Waals surface area contributed by atoms with Crippen molar-refractivity contribution in [2.75, 3.05) is 5.32 Å². The standard InChI is InChI=1S/C10H7N2OS.CH3.Al.H/c13-7-11-10-12-9(6-14-10)8-4-2-1-3-5-8;;;/h1-6H,(H,11,12,13);1H3;;. The molecule has 1 aromatic carbocycles. The molecule has 5 heteroatoms. The van der Waals surface area contributed by atoms with Gasteiger partial charge in [-0.25, -0.2) is 4.98 Å². The SMILES string of the molecule is [CH3][AlH][C](=O)Nc1nc(-c2ccccc2)cs1. The Labute approximate surface area is 104 Å². The number of hydrogen-bond acceptors (Lipinski definition) is 3. The fourth-order valence-corrected chi connectivity index (χ4v) is 2.49. The number of anilines is 1. The van der Waals surface area contributed by atoms with Crippen LogP contribution in [0, 0.1) is 0 Å². The molecule has 0 bridgehead atoms. The zero-order chi connectivity index (χ0) is 11.4. The van der Waals surface area contributed by atoms with Crippen LogP contribution in [0.2, 0.25) is 5.79 Å². The fraction of sp³-hybridized carbons (Fsp3) is 0.0909. The van der Waals surface area contributed by atoms with Crippen molar-refractivity contribution >= 4 is 36.5 Å². The Morgan fingerprint density at radius 2 is 2.12 bits per heavy atom. The Kier molecular flexibility index (Phi) is 3.73. The van der Waals surface area contributed by atoms with Crippen LogP contribution in [0.5, 0.6) is 0 Å². The van der Waals surface area contributed by atoms with E-state index in [2.05, 4.69) is 10.3 Å². The third-order valence-corrected chi connectivity index (χ3v) is 3.72. The lowest BCUT2D eigenvalue weighted by Gasteiger charge is -1.97. The van der Waals surface area contributed by atoms with Crippen LogP contribution < -0.4 is 5.32 Å². The lowest BCUT2D eigenvalue weighted by atomic mass is 10.2. The molecular formula is C11H11AlN2OS. The molecule has 0 fully saturated rings. The van der Waals surface area contributed by atoms with Crippen LogP contribution in [-0.2, 0) is 0 Å². The van der Waals surface area contributed by atoms with Crippen molar-refractivity contribution in [1.82, 2.24) is 4.98 Å². The van der Waals surface area contributed by atoms with Crippen molar-refractivity contribution in [3.8, 4) is 11.3 Å². The van der Waals surface area contributed by atoms with Gasteiger partial charge in [0.1, 0.15) is 4.77 Å². The monoisotopic (exact) mass is 246 g/mol. The van der Waals surface area contributed by atoms with Crippen molar-refractivity contribution in [2.24, 2.45) is 0 Å². The van der Waals surface area contributed by atoms with E-state index in [9.17, 15) is 4.79 Å². The van der Waals surface area contributed by atoms with Crippen LogP contribution in [0.4, 0.5) is 9.93 Å². The highest BCUT2D eigenvalue weighted by Crippen LogP contribution is 2.24. The highest BCUT2D eigenvalue weighted by atomic mass is 32.1. The zero-order valence-electron chi connectivity index (χ0n) is 8.93. The Bertz CT molecular complexity index is 484. The Morgan fingerprint density at radius 1 is 1.38 bits per heavy atom. The molecule has 0 spiro atoms. The summed E-state index contributed by atoms with van der Waals surface area (Å²) in [5, 5.41) is 5.47. The molecule has 2 aromatic rings. The van der Waals surface area contributed by atoms with E-state index in [4.69, 9.17) is 0 Å². The van der Waals surface area contributed by atoms with Crippen LogP contribution in [0.3, 0.4) is 0 Å². The summed E-state index contributed by atoms with van der Waals surface area (Å²) in [7, 11) is 0. The maximum absolute atomic E-state index is 11.2. The van der Waals surface area contributed by atoms with E-state index >= 15 is 0 Å². The number of carbonyl (C=O) groups is 1. The van der Waals surface area contributed by atoms with Gasteiger partial charge in [0, 0.05) is 10.9 Å². The third-order valence-electron chi connectivity index (χ3n) is 2.14. The highest BCUT2D eigenvalue weighted by Gasteiger charge is 2.06. The van der Waals surface area contributed by atoms with Crippen molar-refractivity contribution < 1.29 is 4.79 Å². The molecular weight excluding hydrogens is 235 g/mol. The second kappa shape index (κ2) is 5.26. The first-order valence-electron chi connectivity index (χ1n) is 5.10. The molecule has 2 rings (SSSR count). The van der Waals surface area contributed by atoms with Crippen molar-refractivity contribution in [3.05, 3.63) is 35.7 Å². The number of aromatic nitrogens is 1. The number of thiazole rings is 1. The molecule has 0 unspecified atom stereocenters. The molecule has 0 saturated heterocycles. The number of carbonyl (C=O) groups excluding carboxylic acids is 1. The number of rotatable bonds is 3. The predicted octanol–water partition coefficient (Wildman–Crippen LogP) is 2.83. The smallest absolute Gasteiger partial charge is 0.319 e. The molecule has 1 N–H and O–H groups in total. The van der Waals surface area contributed by atoms with Gasteiger partial charge in [0.2, 0.25) is 0 Å². The minimum atomic E-state index is -0.642. The van der Waals surface area contributed by atoms with Gasteiger partial charge in [0.15, 0.2) is 5.13 Å². The highest BCUT2D eigenvalue weighted by molar-refractivity contribution is 7.14. The minimum absolute atomic E-state index is 0.133. The van der Waals surface area contributed by atoms with E-state index in [0.29, 0.717) is 5.13 Å². The fourth-order valence-electron chi connectivity index (χ4n) is 1.28. The summed E-state index contributed by atoms with van der Waals surface area (Å²) in [6, 6.07) is 9.95. The molecule has 0 atom stereocenters. The van der Waals surface area contributed by atoms with Crippen LogP contribution in [0.15, 0.2) is 35.7 Å². The normalized spacial score (nSPS) is 9.81. The van der Waals surface area contributed by atoms with Gasteiger partial charge in [-0.1, -0.05) is 30.3 Å². The molecule has 0 saturated carbocycles. The van der Waals surface area contributed by atoms with Gasteiger partial charge in [-0.05, 0) is 0 Å². The second-order valence-electron chi connectivity index (χ2n) is 3.31. The summed E-state index contributed by atoms with van der Waals surface area (Å²) < 4.78 is 0.133. The first kappa shape index (κ1) is 11.3. The summed E-state index contributed by atoms with van der Waals surface area (Å²) in [5.74, 6) is 1.96. The maximum atomic E-state index is 11.2. The zero-order valence-corrected chi connectivity index (χ0v) is 11.2. The number of nitrogens with zero attached hydrogens (tertiary/aromatic N) is 1. The lowest BCUT2D eigenvalue weighted by molar-refractivity contribution is 0.268. The molecule has 0 radical (unpaired) electrons. The Morgan fingerprint density at radius 3 is 2.81 bits per heavy atom. The van der Waals surface area contributed by atoms with Gasteiger partial charge >= 0.3 is 15.2 Å². The molecule has 1 aromatic heterocycles. The summed E-state index contributed by atoms with van der Waals surface area (Å²) in [5.41, 5.74) is 1.99. The number of benzene rings is 1. The third kappa shape index (κ3) is 2.70. The van der Waals surface area contributed by atoms with Crippen LogP contribution in [0.1, 0.15) is 0 Å². The van der Waals surface area contributed by atoms with E-state index in [1.54, 1.807) is 0 Å². The average molecular weight is 246 g/mol. The van der Waals surface area contributed by atoms with E-state index in [0.717, 1.165) is 11.3 Å².